The van der Waals surface area contributed by atoms with Crippen LogP contribution in [0, 0.1) is 6.92 Å². The van der Waals surface area contributed by atoms with Crippen molar-refractivity contribution in [2.24, 2.45) is 0 Å². The van der Waals surface area contributed by atoms with Crippen molar-refractivity contribution in [2.45, 2.75) is 43.5 Å². The number of aryl methyl sites for hydroxylation is 1. The van der Waals surface area contributed by atoms with E-state index in [4.69, 9.17) is 4.74 Å². The molecule has 2 unspecified atom stereocenters. The Hall–Kier alpha value is -6.73. The Labute approximate surface area is 341 Å². The minimum atomic E-state index is -2.10. The molecular formula is C40H41N9O9S. The van der Waals surface area contributed by atoms with Crippen molar-refractivity contribution in [3.8, 4) is 5.75 Å². The van der Waals surface area contributed by atoms with E-state index in [1.807, 2.05) is 36.1 Å². The molecule has 0 radical (unpaired) electrons. The Kier molecular flexibility index (Phi) is 12.2. The molecule has 0 bridgehead atoms. The van der Waals surface area contributed by atoms with E-state index in [1.54, 1.807) is 30.5 Å². The average Bonchev–Trinajstić information content (AvgIpc) is 3.49. The number of imide groups is 2. The van der Waals surface area contributed by atoms with Crippen LogP contribution in [0.3, 0.4) is 0 Å². The highest BCUT2D eigenvalue weighted by Gasteiger charge is 2.46. The van der Waals surface area contributed by atoms with E-state index in [9.17, 15) is 37.5 Å². The molecule has 6 amide bonds. The lowest BCUT2D eigenvalue weighted by Gasteiger charge is -2.36. The molecule has 2 fully saturated rings. The van der Waals surface area contributed by atoms with Gasteiger partial charge in [-0.15, -0.1) is 0 Å². The van der Waals surface area contributed by atoms with Crippen LogP contribution in [0.5, 0.6) is 5.75 Å². The van der Waals surface area contributed by atoms with Crippen LogP contribution >= 0.6 is 0 Å². The predicted octanol–water partition coefficient (Wildman–Crippen LogP) is 2.88. The van der Waals surface area contributed by atoms with Crippen molar-refractivity contribution in [1.82, 2.24) is 30.4 Å². The molecule has 18 nitrogen and oxygen atoms in total. The molecule has 0 aliphatic carbocycles. The standard InChI is InChI=1S/C40H41N9O9S/c1-24-22-42-40(46-36(24)43-26-5-2-6-28(21-26)59(56)57)44-25-10-12-27(13-11-25)47-17-19-48(20-18-47)34(52)9-4-16-41-33(51)23-58-31-8-3-7-29-35(31)39(55)49(38(29)54)30-14-15-32(50)45-37(30)53/h2-3,5-8,10-13,21-22,30H,4,9,14-20,23H2,1H3,(H,41,51)(H,56,57)(H,45,50,53)(H2,42,43,44,46). The minimum absolute atomic E-state index is 0.00252. The summed E-state index contributed by atoms with van der Waals surface area (Å²) in [5.41, 5.74) is 3.20. The summed E-state index contributed by atoms with van der Waals surface area (Å²) < 4.78 is 26.5. The van der Waals surface area contributed by atoms with Crippen LogP contribution in [0.4, 0.5) is 28.8 Å². The molecule has 3 aliphatic heterocycles. The number of aromatic nitrogens is 2. The first-order valence-corrected chi connectivity index (χ1v) is 20.0. The van der Waals surface area contributed by atoms with Gasteiger partial charge in [0.15, 0.2) is 17.7 Å². The number of piperazine rings is 1. The van der Waals surface area contributed by atoms with Gasteiger partial charge in [-0.3, -0.25) is 39.0 Å². The summed E-state index contributed by atoms with van der Waals surface area (Å²) in [4.78, 5) is 89.8. The van der Waals surface area contributed by atoms with E-state index in [2.05, 4.69) is 36.1 Å². The number of fused-ring (bicyclic) bond motifs is 1. The average molecular weight is 824 g/mol. The van der Waals surface area contributed by atoms with Crippen LogP contribution in [0.2, 0.25) is 0 Å². The molecule has 1 aromatic heterocycles. The normalized spacial score (nSPS) is 17.0. The molecule has 3 aliphatic rings. The number of piperidine rings is 1. The number of hydrogen-bond acceptors (Lipinski definition) is 13. The minimum Gasteiger partial charge on any atom is -0.483 e. The second-order valence-electron chi connectivity index (χ2n) is 14.0. The Bertz CT molecular complexity index is 2330. The van der Waals surface area contributed by atoms with Crippen LogP contribution in [-0.4, -0.2) is 109 Å². The van der Waals surface area contributed by atoms with Gasteiger partial charge < -0.3 is 35.0 Å². The molecule has 306 valence electrons. The molecule has 2 atom stereocenters. The van der Waals surface area contributed by atoms with Crippen molar-refractivity contribution in [3.63, 3.8) is 0 Å². The van der Waals surface area contributed by atoms with Crippen molar-refractivity contribution in [1.29, 1.82) is 0 Å². The number of nitrogens with zero attached hydrogens (tertiary/aromatic N) is 5. The molecule has 0 saturated carbocycles. The lowest BCUT2D eigenvalue weighted by molar-refractivity contribution is -0.136. The number of rotatable bonds is 14. The van der Waals surface area contributed by atoms with E-state index < -0.39 is 53.3 Å². The first-order valence-electron chi connectivity index (χ1n) is 18.9. The third-order valence-electron chi connectivity index (χ3n) is 10.1. The fourth-order valence-electron chi connectivity index (χ4n) is 6.97. The van der Waals surface area contributed by atoms with Gasteiger partial charge in [-0.1, -0.05) is 12.1 Å². The van der Waals surface area contributed by atoms with Gasteiger partial charge in [0, 0.05) is 74.4 Å². The van der Waals surface area contributed by atoms with Gasteiger partial charge in [0.2, 0.25) is 23.7 Å². The third-order valence-corrected chi connectivity index (χ3v) is 10.7. The molecule has 4 heterocycles. The maximum absolute atomic E-state index is 13.2. The lowest BCUT2D eigenvalue weighted by atomic mass is 10.0. The number of nitrogens with one attached hydrogen (secondary N) is 4. The van der Waals surface area contributed by atoms with Crippen LogP contribution < -0.4 is 30.9 Å². The number of benzene rings is 3. The predicted molar refractivity (Wildman–Crippen MR) is 215 cm³/mol. The zero-order valence-corrected chi connectivity index (χ0v) is 32.8. The second-order valence-corrected chi connectivity index (χ2v) is 15.0. The molecule has 5 N–H and O–H groups in total. The molecular weight excluding hydrogens is 783 g/mol. The van der Waals surface area contributed by atoms with E-state index >= 15 is 0 Å². The van der Waals surface area contributed by atoms with Crippen molar-refractivity contribution >= 4 is 75.4 Å². The summed E-state index contributed by atoms with van der Waals surface area (Å²) in [7, 11) is 0. The molecule has 4 aromatic rings. The van der Waals surface area contributed by atoms with Gasteiger partial charge in [0.05, 0.1) is 16.0 Å². The van der Waals surface area contributed by atoms with Crippen LogP contribution in [0.25, 0.3) is 0 Å². The van der Waals surface area contributed by atoms with Gasteiger partial charge >= 0.3 is 0 Å². The highest BCUT2D eigenvalue weighted by Crippen LogP contribution is 2.34. The topological polar surface area (TPSA) is 233 Å². The van der Waals surface area contributed by atoms with Gasteiger partial charge in [-0.25, -0.2) is 9.19 Å². The van der Waals surface area contributed by atoms with Crippen molar-refractivity contribution in [3.05, 3.63) is 89.6 Å². The maximum Gasteiger partial charge on any atom is 0.266 e. The summed E-state index contributed by atoms with van der Waals surface area (Å²) >= 11 is -2.10. The molecule has 7 rings (SSSR count). The van der Waals surface area contributed by atoms with Gasteiger partial charge in [-0.05, 0) is 74.4 Å². The fraction of sp³-hybridized carbons (Fsp3) is 0.300. The lowest BCUT2D eigenvalue weighted by Crippen LogP contribution is -2.54. The van der Waals surface area contributed by atoms with Gasteiger partial charge in [0.1, 0.15) is 17.6 Å². The number of ether oxygens (including phenoxy) is 1. The van der Waals surface area contributed by atoms with Crippen LogP contribution in [0.15, 0.2) is 77.8 Å². The smallest absolute Gasteiger partial charge is 0.266 e. The number of hydrogen-bond donors (Lipinski definition) is 5. The Morgan fingerprint density at radius 3 is 2.46 bits per heavy atom. The summed E-state index contributed by atoms with van der Waals surface area (Å²) in [5.74, 6) is -2.13. The number of anilines is 5. The van der Waals surface area contributed by atoms with Crippen molar-refractivity contribution in [2.75, 3.05) is 54.9 Å². The number of carbonyl (C=O) groups excluding carboxylic acids is 6. The SMILES string of the molecule is Cc1cnc(Nc2ccc(N3CCN(C(=O)CCCNC(=O)COc4cccc5c4C(=O)N(C4CCC(=O)NC4=O)C5=O)CC3)cc2)nc1Nc1cccc(S(=O)O)c1. The number of amides is 6. The summed E-state index contributed by atoms with van der Waals surface area (Å²) in [6.45, 7) is 4.05. The van der Waals surface area contributed by atoms with Gasteiger partial charge in [-0.2, -0.15) is 4.98 Å². The van der Waals surface area contributed by atoms with Gasteiger partial charge in [0.25, 0.3) is 17.7 Å². The molecule has 0 spiro atoms. The molecule has 3 aromatic carbocycles. The Morgan fingerprint density at radius 1 is 0.949 bits per heavy atom. The Balaban J connectivity index is 0.820. The monoisotopic (exact) mass is 823 g/mol. The van der Waals surface area contributed by atoms with E-state index in [1.165, 1.54) is 18.2 Å². The summed E-state index contributed by atoms with van der Waals surface area (Å²) in [6.07, 6.45) is 2.36. The zero-order chi connectivity index (χ0) is 41.6. The fourth-order valence-corrected chi connectivity index (χ4v) is 7.39. The van der Waals surface area contributed by atoms with Crippen molar-refractivity contribution < 1.29 is 42.3 Å². The molecule has 19 heteroatoms. The number of carbonyl (C=O) groups is 6. The summed E-state index contributed by atoms with van der Waals surface area (Å²) in [5, 5.41) is 11.3. The zero-order valence-electron chi connectivity index (χ0n) is 31.9. The quantitative estimate of drug-likeness (QED) is 0.0700. The largest absolute Gasteiger partial charge is 0.483 e. The van der Waals surface area contributed by atoms with E-state index in [0.717, 1.165) is 21.8 Å². The highest BCUT2D eigenvalue weighted by molar-refractivity contribution is 7.79. The first-order chi connectivity index (χ1) is 28.4. The van der Waals surface area contributed by atoms with E-state index in [-0.39, 0.29) is 53.5 Å². The summed E-state index contributed by atoms with van der Waals surface area (Å²) in [6, 6.07) is 17.7. The molecule has 59 heavy (non-hydrogen) atoms. The Morgan fingerprint density at radius 2 is 1.71 bits per heavy atom. The highest BCUT2D eigenvalue weighted by atomic mass is 32.2. The maximum atomic E-state index is 13.2. The van der Waals surface area contributed by atoms with E-state index in [0.29, 0.717) is 50.1 Å². The molecule has 2 saturated heterocycles. The van der Waals surface area contributed by atoms with Crippen LogP contribution in [0.1, 0.15) is 52.0 Å². The second kappa shape index (κ2) is 17.8. The first kappa shape index (κ1) is 40.5. The third kappa shape index (κ3) is 9.37. The van der Waals surface area contributed by atoms with Crippen LogP contribution in [-0.2, 0) is 30.3 Å².